The molecule has 0 spiro atoms. The van der Waals surface area contributed by atoms with Crippen LogP contribution in [0.25, 0.3) is 11.8 Å². The van der Waals surface area contributed by atoms with E-state index in [-0.39, 0.29) is 22.7 Å². The van der Waals surface area contributed by atoms with Crippen LogP contribution >= 0.6 is 11.8 Å². The van der Waals surface area contributed by atoms with Crippen molar-refractivity contribution in [3.63, 3.8) is 0 Å². The van der Waals surface area contributed by atoms with Crippen molar-refractivity contribution >= 4 is 34.7 Å². The second-order valence-corrected chi connectivity index (χ2v) is 8.29. The number of aromatic nitrogens is 1. The van der Waals surface area contributed by atoms with Gasteiger partial charge in [0, 0.05) is 34.8 Å². The van der Waals surface area contributed by atoms with E-state index in [0.717, 1.165) is 39.3 Å². The summed E-state index contributed by atoms with van der Waals surface area (Å²) in [5, 5.41) is 10.5. The number of rotatable bonds is 5. The Bertz CT molecular complexity index is 1280. The topological polar surface area (TPSA) is 85.5 Å². The lowest BCUT2D eigenvalue weighted by molar-refractivity contribution is -0.384. The van der Waals surface area contributed by atoms with Crippen LogP contribution in [0.5, 0.6) is 0 Å². The molecule has 2 aromatic carbocycles. The number of amides is 2. The molecule has 2 heterocycles. The first-order valence-electron chi connectivity index (χ1n) is 9.69. The highest BCUT2D eigenvalue weighted by Gasteiger charge is 2.35. The smallest absolute Gasteiger partial charge is 0.293 e. The van der Waals surface area contributed by atoms with E-state index in [1.165, 1.54) is 18.2 Å². The van der Waals surface area contributed by atoms with Crippen molar-refractivity contribution in [1.29, 1.82) is 0 Å². The van der Waals surface area contributed by atoms with Gasteiger partial charge in [-0.15, -0.1) is 0 Å². The minimum atomic E-state index is -0.470. The molecular formula is C23H18FN3O4S. The molecule has 1 saturated heterocycles. The van der Waals surface area contributed by atoms with Gasteiger partial charge in [-0.25, -0.2) is 4.39 Å². The lowest BCUT2D eigenvalue weighted by Gasteiger charge is -2.12. The first kappa shape index (κ1) is 21.5. The van der Waals surface area contributed by atoms with E-state index < -0.39 is 21.9 Å². The number of nitro groups is 1. The van der Waals surface area contributed by atoms with Crippen LogP contribution in [-0.4, -0.2) is 25.5 Å². The summed E-state index contributed by atoms with van der Waals surface area (Å²) in [4.78, 5) is 37.0. The number of thioether (sulfide) groups is 1. The van der Waals surface area contributed by atoms with Gasteiger partial charge in [-0.3, -0.25) is 24.6 Å². The molecule has 0 bridgehead atoms. The van der Waals surface area contributed by atoms with Crippen LogP contribution in [0.2, 0.25) is 0 Å². The lowest BCUT2D eigenvalue weighted by atomic mass is 10.2. The largest absolute Gasteiger partial charge is 0.318 e. The highest BCUT2D eigenvalue weighted by atomic mass is 32.2. The van der Waals surface area contributed by atoms with Gasteiger partial charge in [0.05, 0.1) is 16.4 Å². The number of hydrogen-bond acceptors (Lipinski definition) is 5. The normalized spacial score (nSPS) is 15.1. The molecule has 1 fully saturated rings. The number of hydrogen-bond donors (Lipinski definition) is 0. The fourth-order valence-corrected chi connectivity index (χ4v) is 4.46. The van der Waals surface area contributed by atoms with Gasteiger partial charge >= 0.3 is 0 Å². The van der Waals surface area contributed by atoms with Crippen LogP contribution in [0.1, 0.15) is 22.5 Å². The molecule has 1 aromatic heterocycles. The lowest BCUT2D eigenvalue weighted by Crippen LogP contribution is -2.27. The molecule has 9 heteroatoms. The standard InChI is InChI=1S/C23H18FN3O4S/c1-14-11-17(15(2)26(14)18-7-9-19(10-8-18)27(30)31)12-21-22(28)25(23(29)32-21)13-16-5-3-4-6-20(16)24/h3-12H,13H2,1-2H3/b21-12-. The Hall–Kier alpha value is -3.72. The van der Waals surface area contributed by atoms with Crippen molar-refractivity contribution in [2.75, 3.05) is 0 Å². The van der Waals surface area contributed by atoms with Gasteiger partial charge in [-0.2, -0.15) is 0 Å². The van der Waals surface area contributed by atoms with Gasteiger partial charge in [0.2, 0.25) is 0 Å². The summed E-state index contributed by atoms with van der Waals surface area (Å²) in [6.07, 6.45) is 1.65. The van der Waals surface area contributed by atoms with E-state index in [0.29, 0.717) is 0 Å². The summed E-state index contributed by atoms with van der Waals surface area (Å²) in [6, 6.07) is 14.1. The van der Waals surface area contributed by atoms with E-state index in [9.17, 15) is 24.1 Å². The highest BCUT2D eigenvalue weighted by Crippen LogP contribution is 2.35. The van der Waals surface area contributed by atoms with Gasteiger partial charge in [0.25, 0.3) is 16.8 Å². The average molecular weight is 451 g/mol. The highest BCUT2D eigenvalue weighted by molar-refractivity contribution is 8.18. The van der Waals surface area contributed by atoms with Crippen molar-refractivity contribution in [1.82, 2.24) is 9.47 Å². The monoisotopic (exact) mass is 451 g/mol. The molecule has 0 saturated carbocycles. The maximum atomic E-state index is 14.0. The Morgan fingerprint density at radius 3 is 2.44 bits per heavy atom. The Balaban J connectivity index is 1.62. The Labute approximate surface area is 187 Å². The number of nitrogens with zero attached hydrogens (tertiary/aromatic N) is 3. The summed E-state index contributed by atoms with van der Waals surface area (Å²) in [7, 11) is 0. The third-order valence-electron chi connectivity index (χ3n) is 5.24. The molecule has 32 heavy (non-hydrogen) atoms. The second kappa shape index (κ2) is 8.43. The molecule has 0 aliphatic carbocycles. The molecule has 2 amide bonds. The van der Waals surface area contributed by atoms with Gasteiger partial charge in [-0.05, 0) is 61.5 Å². The zero-order valence-electron chi connectivity index (χ0n) is 17.2. The maximum absolute atomic E-state index is 14.0. The molecule has 0 unspecified atom stereocenters. The average Bonchev–Trinajstić information content (AvgIpc) is 3.19. The number of carbonyl (C=O) groups is 2. The zero-order valence-corrected chi connectivity index (χ0v) is 18.1. The summed E-state index contributed by atoms with van der Waals surface area (Å²) >= 11 is 0.818. The summed E-state index contributed by atoms with van der Waals surface area (Å²) < 4.78 is 15.9. The van der Waals surface area contributed by atoms with Crippen LogP contribution in [0.15, 0.2) is 59.5 Å². The molecule has 4 rings (SSSR count). The van der Waals surface area contributed by atoms with Crippen molar-refractivity contribution in [2.45, 2.75) is 20.4 Å². The van der Waals surface area contributed by atoms with E-state index in [1.54, 1.807) is 36.4 Å². The number of carbonyl (C=O) groups excluding carboxylic acids is 2. The first-order chi connectivity index (χ1) is 15.3. The van der Waals surface area contributed by atoms with Crippen molar-refractivity contribution in [3.8, 4) is 5.69 Å². The molecular weight excluding hydrogens is 433 g/mol. The number of imide groups is 1. The third kappa shape index (κ3) is 3.94. The Kier molecular flexibility index (Phi) is 5.67. The first-order valence-corrected chi connectivity index (χ1v) is 10.5. The Morgan fingerprint density at radius 2 is 1.78 bits per heavy atom. The fourth-order valence-electron chi connectivity index (χ4n) is 3.63. The quantitative estimate of drug-likeness (QED) is 0.295. The Morgan fingerprint density at radius 1 is 1.09 bits per heavy atom. The van der Waals surface area contributed by atoms with Gasteiger partial charge in [0.15, 0.2) is 0 Å². The minimum Gasteiger partial charge on any atom is -0.318 e. The molecule has 0 radical (unpaired) electrons. The number of benzene rings is 2. The maximum Gasteiger partial charge on any atom is 0.293 e. The second-order valence-electron chi connectivity index (χ2n) is 7.29. The minimum absolute atomic E-state index is 0.0000345. The fraction of sp³-hybridized carbons (Fsp3) is 0.130. The number of aryl methyl sites for hydroxylation is 1. The predicted molar refractivity (Wildman–Crippen MR) is 120 cm³/mol. The summed E-state index contributed by atoms with van der Waals surface area (Å²) in [6.45, 7) is 3.62. The molecule has 3 aromatic rings. The summed E-state index contributed by atoms with van der Waals surface area (Å²) in [5.41, 5.74) is 3.45. The van der Waals surface area contributed by atoms with Crippen LogP contribution in [0.4, 0.5) is 14.9 Å². The van der Waals surface area contributed by atoms with Crippen LogP contribution < -0.4 is 0 Å². The molecule has 0 N–H and O–H groups in total. The van der Waals surface area contributed by atoms with Crippen molar-refractivity contribution < 1.29 is 18.9 Å². The van der Waals surface area contributed by atoms with Crippen LogP contribution in [0.3, 0.4) is 0 Å². The van der Waals surface area contributed by atoms with Gasteiger partial charge in [0.1, 0.15) is 5.82 Å². The number of nitro benzene ring substituents is 1. The van der Waals surface area contributed by atoms with Gasteiger partial charge < -0.3 is 4.57 Å². The zero-order chi connectivity index (χ0) is 23.0. The SMILES string of the molecule is Cc1cc(/C=C2\SC(=O)N(Cc3ccccc3F)C2=O)c(C)n1-c1ccc([N+](=O)[O-])cc1. The molecule has 7 nitrogen and oxygen atoms in total. The van der Waals surface area contributed by atoms with Crippen molar-refractivity contribution in [2.24, 2.45) is 0 Å². The van der Waals surface area contributed by atoms with Crippen LogP contribution in [0, 0.1) is 29.8 Å². The van der Waals surface area contributed by atoms with Gasteiger partial charge in [-0.1, -0.05) is 18.2 Å². The van der Waals surface area contributed by atoms with E-state index in [2.05, 4.69) is 0 Å². The molecule has 162 valence electrons. The predicted octanol–water partition coefficient (Wildman–Crippen LogP) is 5.38. The van der Waals surface area contributed by atoms with E-state index in [1.807, 2.05) is 24.5 Å². The van der Waals surface area contributed by atoms with E-state index in [4.69, 9.17) is 0 Å². The third-order valence-corrected chi connectivity index (χ3v) is 6.14. The number of non-ortho nitro benzene ring substituents is 1. The molecule has 1 aliphatic rings. The van der Waals surface area contributed by atoms with Crippen LogP contribution in [-0.2, 0) is 11.3 Å². The van der Waals surface area contributed by atoms with Crippen molar-refractivity contribution in [3.05, 3.63) is 97.9 Å². The molecule has 1 aliphatic heterocycles. The molecule has 0 atom stereocenters. The number of halogens is 1. The van der Waals surface area contributed by atoms with E-state index >= 15 is 0 Å². The summed E-state index contributed by atoms with van der Waals surface area (Å²) in [5.74, 6) is -0.939.